The molecule has 0 radical (unpaired) electrons. The average Bonchev–Trinajstić information content (AvgIpc) is 3.21. The van der Waals surface area contributed by atoms with Crippen LogP contribution in [0, 0.1) is 6.92 Å². The van der Waals surface area contributed by atoms with Crippen molar-refractivity contribution in [2.24, 2.45) is 0 Å². The van der Waals surface area contributed by atoms with Gasteiger partial charge in [-0.1, -0.05) is 48.0 Å². The van der Waals surface area contributed by atoms with Crippen LogP contribution in [-0.2, 0) is 15.6 Å². The predicted octanol–water partition coefficient (Wildman–Crippen LogP) is 1.30. The largest absolute Gasteiger partial charge is 0.394 e. The molecule has 120 valence electrons. The molecule has 4 atom stereocenters. The number of hydrogen-bond acceptors (Lipinski definition) is 4. The molecule has 2 aliphatic rings. The number of aryl methyl sites for hydroxylation is 1. The van der Waals surface area contributed by atoms with Gasteiger partial charge in [0, 0.05) is 0 Å². The maximum Gasteiger partial charge on any atom is 0.244 e. The van der Waals surface area contributed by atoms with Gasteiger partial charge >= 0.3 is 0 Å². The van der Waals surface area contributed by atoms with E-state index in [0.717, 1.165) is 5.56 Å². The number of hydrogen-bond donors (Lipinski definition) is 2. The molecule has 23 heavy (non-hydrogen) atoms. The van der Waals surface area contributed by atoms with Gasteiger partial charge in [0.05, 0.1) is 23.6 Å². The van der Waals surface area contributed by atoms with Crippen molar-refractivity contribution in [3.8, 4) is 0 Å². The Morgan fingerprint density at radius 1 is 1.22 bits per heavy atom. The summed E-state index contributed by atoms with van der Waals surface area (Å²) in [6, 6.07) is 13.4. The van der Waals surface area contributed by atoms with E-state index in [1.807, 2.05) is 13.0 Å². The average molecular weight is 331 g/mol. The molecule has 4 rings (SSSR count). The zero-order valence-corrected chi connectivity index (χ0v) is 13.4. The Morgan fingerprint density at radius 2 is 1.91 bits per heavy atom. The molecule has 0 spiro atoms. The Kier molecular flexibility index (Phi) is 2.99. The summed E-state index contributed by atoms with van der Waals surface area (Å²) in [5.74, 6) is 0. The van der Waals surface area contributed by atoms with E-state index in [-0.39, 0.29) is 11.5 Å². The van der Waals surface area contributed by atoms with Crippen molar-refractivity contribution in [2.75, 3.05) is 6.61 Å². The molecular weight excluding hydrogens is 314 g/mol. The number of aliphatic hydroxyl groups is 2. The Hall–Kier alpha value is -1.73. The van der Waals surface area contributed by atoms with Gasteiger partial charge in [-0.2, -0.15) is 4.31 Å². The molecule has 2 aromatic rings. The minimum atomic E-state index is -3.69. The number of benzene rings is 2. The lowest BCUT2D eigenvalue weighted by atomic mass is 9.90. The highest BCUT2D eigenvalue weighted by atomic mass is 32.2. The maximum atomic E-state index is 12.8. The molecule has 0 bridgehead atoms. The number of aliphatic hydroxyl groups excluding tert-OH is 2. The lowest BCUT2D eigenvalue weighted by molar-refractivity contribution is 0.153. The van der Waals surface area contributed by atoms with Crippen molar-refractivity contribution in [1.29, 1.82) is 0 Å². The molecular formula is C17H17NO4S. The Bertz CT molecular complexity index is 881. The molecule has 1 saturated heterocycles. The van der Waals surface area contributed by atoms with Gasteiger partial charge in [0.2, 0.25) is 10.0 Å². The molecule has 5 nitrogen and oxygen atoms in total. The van der Waals surface area contributed by atoms with Crippen LogP contribution >= 0.6 is 0 Å². The SMILES string of the molecule is Cc1ccc2c(c1)[C@@]1(CO)[C@H](C(O)c3ccccc3)N1S2(=O)=O. The second-order valence-corrected chi connectivity index (χ2v) is 7.97. The lowest BCUT2D eigenvalue weighted by Crippen LogP contribution is -2.23. The fourth-order valence-corrected chi connectivity index (χ4v) is 5.95. The van der Waals surface area contributed by atoms with E-state index < -0.39 is 27.7 Å². The summed E-state index contributed by atoms with van der Waals surface area (Å²) in [6.07, 6.45) is -0.980. The summed E-state index contributed by atoms with van der Waals surface area (Å²) in [5.41, 5.74) is 1.10. The van der Waals surface area contributed by atoms with Crippen LogP contribution in [0.15, 0.2) is 53.4 Å². The normalized spacial score (nSPS) is 31.3. The van der Waals surface area contributed by atoms with Crippen LogP contribution in [0.3, 0.4) is 0 Å². The van der Waals surface area contributed by atoms with Gasteiger partial charge in [-0.25, -0.2) is 8.42 Å². The third-order valence-electron chi connectivity index (χ3n) is 4.89. The molecule has 2 N–H and O–H groups in total. The molecule has 2 aliphatic heterocycles. The summed E-state index contributed by atoms with van der Waals surface area (Å²) < 4.78 is 26.8. The number of sulfonamides is 1. The minimum absolute atomic E-state index is 0.230. The fraction of sp³-hybridized carbons (Fsp3) is 0.294. The summed E-state index contributed by atoms with van der Waals surface area (Å²) in [7, 11) is -3.69. The van der Waals surface area contributed by atoms with Crippen LogP contribution in [0.1, 0.15) is 22.8 Å². The number of rotatable bonds is 3. The quantitative estimate of drug-likeness (QED) is 0.831. The van der Waals surface area contributed by atoms with Crippen LogP contribution in [0.2, 0.25) is 0 Å². The van der Waals surface area contributed by atoms with Gasteiger partial charge in [0.15, 0.2) is 0 Å². The highest BCUT2D eigenvalue weighted by Gasteiger charge is 2.76. The van der Waals surface area contributed by atoms with E-state index in [9.17, 15) is 18.6 Å². The van der Waals surface area contributed by atoms with Gasteiger partial charge in [-0.05, 0) is 24.1 Å². The Balaban J connectivity index is 1.86. The summed E-state index contributed by atoms with van der Waals surface area (Å²) >= 11 is 0. The molecule has 1 fully saturated rings. The van der Waals surface area contributed by atoms with E-state index in [0.29, 0.717) is 11.1 Å². The van der Waals surface area contributed by atoms with Gasteiger partial charge in [0.25, 0.3) is 0 Å². The summed E-state index contributed by atoms with van der Waals surface area (Å²) in [4.78, 5) is 0.230. The van der Waals surface area contributed by atoms with Crippen LogP contribution in [0.25, 0.3) is 0 Å². The highest BCUT2D eigenvalue weighted by molar-refractivity contribution is 7.89. The first-order valence-corrected chi connectivity index (χ1v) is 8.88. The van der Waals surface area contributed by atoms with Crippen molar-refractivity contribution in [2.45, 2.75) is 29.5 Å². The highest BCUT2D eigenvalue weighted by Crippen LogP contribution is 2.63. The topological polar surface area (TPSA) is 77.6 Å². The standard InChI is InChI=1S/C17H17NO4S/c1-11-7-8-14-13(9-11)17(10-19)16(18(17)23(14,21)22)15(20)12-5-3-2-4-6-12/h2-9,15-16,19-20H,10H2,1H3/t15?,16-,17-,18?/m0/s1. The third kappa shape index (κ3) is 1.74. The number of nitrogens with zero attached hydrogens (tertiary/aromatic N) is 1. The first kappa shape index (κ1) is 14.8. The first-order chi connectivity index (χ1) is 10.9. The van der Waals surface area contributed by atoms with Gasteiger partial charge in [-0.15, -0.1) is 0 Å². The second kappa shape index (κ2) is 4.64. The summed E-state index contributed by atoms with van der Waals surface area (Å²) in [6.45, 7) is 1.53. The predicted molar refractivity (Wildman–Crippen MR) is 84.2 cm³/mol. The zero-order valence-electron chi connectivity index (χ0n) is 12.5. The lowest BCUT2D eigenvalue weighted by Gasteiger charge is -2.17. The van der Waals surface area contributed by atoms with Crippen LogP contribution in [0.5, 0.6) is 0 Å². The van der Waals surface area contributed by atoms with E-state index in [1.54, 1.807) is 42.5 Å². The Morgan fingerprint density at radius 3 is 2.57 bits per heavy atom. The van der Waals surface area contributed by atoms with Crippen LogP contribution in [-0.4, -0.2) is 35.6 Å². The zero-order chi connectivity index (χ0) is 16.4. The molecule has 6 heteroatoms. The smallest absolute Gasteiger partial charge is 0.244 e. The third-order valence-corrected chi connectivity index (χ3v) is 6.87. The first-order valence-electron chi connectivity index (χ1n) is 7.44. The molecule has 2 aromatic carbocycles. The van der Waals surface area contributed by atoms with Crippen molar-refractivity contribution in [3.63, 3.8) is 0 Å². The summed E-state index contributed by atoms with van der Waals surface area (Å²) in [5, 5.41) is 20.7. The van der Waals surface area contributed by atoms with Crippen molar-refractivity contribution in [3.05, 3.63) is 65.2 Å². The molecule has 2 unspecified atom stereocenters. The maximum absolute atomic E-state index is 12.8. The van der Waals surface area contributed by atoms with E-state index in [1.165, 1.54) is 4.31 Å². The van der Waals surface area contributed by atoms with Crippen LogP contribution < -0.4 is 0 Å². The molecule has 0 aliphatic carbocycles. The van der Waals surface area contributed by atoms with Crippen LogP contribution in [0.4, 0.5) is 0 Å². The molecule has 0 aromatic heterocycles. The van der Waals surface area contributed by atoms with Crippen molar-refractivity contribution in [1.82, 2.24) is 4.31 Å². The fourth-order valence-electron chi connectivity index (χ4n) is 3.75. The van der Waals surface area contributed by atoms with Crippen molar-refractivity contribution >= 4 is 10.0 Å². The van der Waals surface area contributed by atoms with E-state index >= 15 is 0 Å². The molecule has 2 heterocycles. The van der Waals surface area contributed by atoms with Gasteiger partial charge in [0.1, 0.15) is 5.54 Å². The minimum Gasteiger partial charge on any atom is -0.394 e. The van der Waals surface area contributed by atoms with Crippen molar-refractivity contribution < 1.29 is 18.6 Å². The molecule has 0 saturated carbocycles. The molecule has 0 amide bonds. The second-order valence-electron chi connectivity index (χ2n) is 6.18. The Labute approximate surface area is 134 Å². The monoisotopic (exact) mass is 331 g/mol. The number of fused-ring (bicyclic) bond motifs is 3. The van der Waals surface area contributed by atoms with Gasteiger partial charge < -0.3 is 10.2 Å². The van der Waals surface area contributed by atoms with Gasteiger partial charge in [-0.3, -0.25) is 0 Å². The van der Waals surface area contributed by atoms with E-state index in [2.05, 4.69) is 0 Å². The van der Waals surface area contributed by atoms with E-state index in [4.69, 9.17) is 0 Å².